The van der Waals surface area contributed by atoms with Crippen LogP contribution < -0.4 is 21.4 Å². The molecule has 0 spiro atoms. The van der Waals surface area contributed by atoms with Crippen molar-refractivity contribution in [2.75, 3.05) is 5.32 Å². The molecule has 0 bridgehead atoms. The Balaban J connectivity index is 1.99. The standard InChI is InChI=1S/C17H15ClN4O/c1-11-3-6-14(7-4-11)22-17(23)15(12(2)21-22)10-20-16-8-5-13(18)9-19-16/h3-10,21H,2H2,1H3,(H,19,20). The van der Waals surface area contributed by atoms with Crippen molar-refractivity contribution in [1.29, 1.82) is 0 Å². The van der Waals surface area contributed by atoms with E-state index in [9.17, 15) is 4.79 Å². The van der Waals surface area contributed by atoms with Gasteiger partial charge in [0.2, 0.25) is 0 Å². The Morgan fingerprint density at radius 1 is 1.26 bits per heavy atom. The number of aromatic nitrogens is 3. The van der Waals surface area contributed by atoms with Crippen molar-refractivity contribution >= 4 is 30.2 Å². The van der Waals surface area contributed by atoms with Gasteiger partial charge in [-0.3, -0.25) is 9.89 Å². The molecule has 0 amide bonds. The molecule has 0 saturated carbocycles. The highest BCUT2D eigenvalue weighted by Crippen LogP contribution is 2.09. The summed E-state index contributed by atoms with van der Waals surface area (Å²) in [6, 6.07) is 11.1. The molecule has 0 atom stereocenters. The summed E-state index contributed by atoms with van der Waals surface area (Å²) in [6.45, 7) is 5.88. The van der Waals surface area contributed by atoms with Crippen LogP contribution in [0.1, 0.15) is 5.56 Å². The van der Waals surface area contributed by atoms with Crippen LogP contribution in [-0.2, 0) is 0 Å². The lowest BCUT2D eigenvalue weighted by molar-refractivity contribution is 0.838. The molecule has 0 fully saturated rings. The quantitative estimate of drug-likeness (QED) is 0.771. The summed E-state index contributed by atoms with van der Waals surface area (Å²) in [4.78, 5) is 16.6. The molecule has 2 N–H and O–H groups in total. The third-order valence-corrected chi connectivity index (χ3v) is 3.61. The van der Waals surface area contributed by atoms with Crippen LogP contribution in [0.2, 0.25) is 5.02 Å². The van der Waals surface area contributed by atoms with Crippen LogP contribution in [0.25, 0.3) is 18.5 Å². The Kier molecular flexibility index (Phi) is 4.04. The minimum Gasteiger partial charge on any atom is -0.346 e. The van der Waals surface area contributed by atoms with Crippen molar-refractivity contribution < 1.29 is 0 Å². The van der Waals surface area contributed by atoms with Crippen LogP contribution in [0.3, 0.4) is 0 Å². The molecule has 0 saturated heterocycles. The second-order valence-corrected chi connectivity index (χ2v) is 5.57. The van der Waals surface area contributed by atoms with E-state index in [0.717, 1.165) is 11.3 Å². The Hall–Kier alpha value is -2.79. The summed E-state index contributed by atoms with van der Waals surface area (Å²) in [6.07, 6.45) is 3.12. The van der Waals surface area contributed by atoms with Gasteiger partial charge in [-0.05, 0) is 31.2 Å². The van der Waals surface area contributed by atoms with Gasteiger partial charge in [0, 0.05) is 12.4 Å². The van der Waals surface area contributed by atoms with E-state index in [1.807, 2.05) is 31.2 Å². The fraction of sp³-hybridized carbons (Fsp3) is 0.0588. The van der Waals surface area contributed by atoms with Gasteiger partial charge in [-0.15, -0.1) is 0 Å². The number of aryl methyl sites for hydroxylation is 1. The maximum Gasteiger partial charge on any atom is 0.280 e. The maximum atomic E-state index is 12.5. The monoisotopic (exact) mass is 326 g/mol. The number of aromatic amines is 1. The number of halogens is 1. The molecule has 1 aromatic carbocycles. The summed E-state index contributed by atoms with van der Waals surface area (Å²) in [5, 5.41) is 7.47. The molecule has 2 aromatic heterocycles. The van der Waals surface area contributed by atoms with E-state index in [2.05, 4.69) is 22.0 Å². The summed E-state index contributed by atoms with van der Waals surface area (Å²) in [5.41, 5.74) is 1.71. The van der Waals surface area contributed by atoms with Gasteiger partial charge in [-0.2, -0.15) is 0 Å². The highest BCUT2D eigenvalue weighted by atomic mass is 35.5. The van der Waals surface area contributed by atoms with Crippen LogP contribution in [0.5, 0.6) is 0 Å². The SMILES string of the molecule is C=c1[nH]n(-c2ccc(C)cc2)c(=O)c1=CNc1ccc(Cl)cn1. The smallest absolute Gasteiger partial charge is 0.280 e. The van der Waals surface area contributed by atoms with Crippen molar-refractivity contribution in [2.24, 2.45) is 0 Å². The maximum absolute atomic E-state index is 12.5. The Morgan fingerprint density at radius 3 is 2.65 bits per heavy atom. The van der Waals surface area contributed by atoms with E-state index < -0.39 is 0 Å². The van der Waals surface area contributed by atoms with Gasteiger partial charge < -0.3 is 5.32 Å². The number of rotatable bonds is 3. The van der Waals surface area contributed by atoms with Crippen LogP contribution in [-0.4, -0.2) is 14.8 Å². The third kappa shape index (κ3) is 3.19. The Labute approximate surface area is 137 Å². The minimum atomic E-state index is -0.180. The summed E-state index contributed by atoms with van der Waals surface area (Å²) >= 11 is 5.79. The van der Waals surface area contributed by atoms with E-state index in [0.29, 0.717) is 21.4 Å². The van der Waals surface area contributed by atoms with Gasteiger partial charge in [-0.1, -0.05) is 35.9 Å². The summed E-state index contributed by atoms with van der Waals surface area (Å²) in [7, 11) is 0. The third-order valence-electron chi connectivity index (χ3n) is 3.39. The van der Waals surface area contributed by atoms with Crippen molar-refractivity contribution in [1.82, 2.24) is 14.8 Å². The molecular formula is C17H15ClN4O. The largest absolute Gasteiger partial charge is 0.346 e. The number of pyridine rings is 1. The summed E-state index contributed by atoms with van der Waals surface area (Å²) < 4.78 is 1.46. The van der Waals surface area contributed by atoms with E-state index in [4.69, 9.17) is 11.6 Å². The molecule has 3 aromatic rings. The predicted molar refractivity (Wildman–Crippen MR) is 93.2 cm³/mol. The zero-order valence-corrected chi connectivity index (χ0v) is 13.3. The summed E-state index contributed by atoms with van der Waals surface area (Å²) in [5.74, 6) is 0.594. The molecular weight excluding hydrogens is 312 g/mol. The number of nitrogens with one attached hydrogen (secondary N) is 2. The van der Waals surface area contributed by atoms with Crippen molar-refractivity contribution in [3.8, 4) is 5.69 Å². The highest BCUT2D eigenvalue weighted by Gasteiger charge is 2.04. The van der Waals surface area contributed by atoms with E-state index in [1.165, 1.54) is 10.9 Å². The molecule has 3 rings (SSSR count). The van der Waals surface area contributed by atoms with Gasteiger partial charge in [0.25, 0.3) is 5.56 Å². The molecule has 0 aliphatic carbocycles. The average molecular weight is 327 g/mol. The number of H-pyrrole nitrogens is 1. The highest BCUT2D eigenvalue weighted by molar-refractivity contribution is 6.30. The second kappa shape index (κ2) is 6.14. The van der Waals surface area contributed by atoms with Crippen LogP contribution >= 0.6 is 11.6 Å². The van der Waals surface area contributed by atoms with Crippen LogP contribution in [0.15, 0.2) is 47.4 Å². The fourth-order valence-electron chi connectivity index (χ4n) is 2.13. The molecule has 23 heavy (non-hydrogen) atoms. The molecule has 0 unspecified atom stereocenters. The first-order valence-electron chi connectivity index (χ1n) is 7.00. The number of nitrogens with zero attached hydrogens (tertiary/aromatic N) is 2. The first-order chi connectivity index (χ1) is 11.0. The van der Waals surface area contributed by atoms with Gasteiger partial charge in [0.05, 0.1) is 21.3 Å². The topological polar surface area (TPSA) is 62.7 Å². The van der Waals surface area contributed by atoms with Crippen LogP contribution in [0.4, 0.5) is 5.82 Å². The number of hydrogen-bond donors (Lipinski definition) is 2. The molecule has 0 aliphatic heterocycles. The normalized spacial score (nSPS) is 11.7. The number of benzene rings is 1. The van der Waals surface area contributed by atoms with Gasteiger partial charge in [0.1, 0.15) is 5.82 Å². The lowest BCUT2D eigenvalue weighted by atomic mass is 10.2. The van der Waals surface area contributed by atoms with E-state index >= 15 is 0 Å². The molecule has 5 nitrogen and oxygen atoms in total. The van der Waals surface area contributed by atoms with Gasteiger partial charge in [-0.25, -0.2) is 9.67 Å². The molecule has 2 heterocycles. The van der Waals surface area contributed by atoms with E-state index in [-0.39, 0.29) is 5.56 Å². The van der Waals surface area contributed by atoms with Gasteiger partial charge in [0.15, 0.2) is 0 Å². The number of hydrogen-bond acceptors (Lipinski definition) is 3. The lowest BCUT2D eigenvalue weighted by Crippen LogP contribution is -2.34. The minimum absolute atomic E-state index is 0.180. The molecule has 0 aliphatic rings. The zero-order valence-electron chi connectivity index (χ0n) is 12.5. The van der Waals surface area contributed by atoms with Gasteiger partial charge >= 0.3 is 0 Å². The Bertz CT molecular complexity index is 985. The first-order valence-corrected chi connectivity index (χ1v) is 7.38. The zero-order chi connectivity index (χ0) is 16.4. The Morgan fingerprint density at radius 2 is 2.00 bits per heavy atom. The molecule has 116 valence electrons. The second-order valence-electron chi connectivity index (χ2n) is 5.13. The van der Waals surface area contributed by atoms with Crippen molar-refractivity contribution in [3.05, 3.63) is 74.1 Å². The average Bonchev–Trinajstić information content (AvgIpc) is 2.82. The predicted octanol–water partition coefficient (Wildman–Crippen LogP) is 1.78. The lowest BCUT2D eigenvalue weighted by Gasteiger charge is -2.01. The van der Waals surface area contributed by atoms with Crippen molar-refractivity contribution in [3.63, 3.8) is 0 Å². The number of anilines is 1. The molecule has 6 heteroatoms. The van der Waals surface area contributed by atoms with Crippen LogP contribution in [0, 0.1) is 6.92 Å². The van der Waals surface area contributed by atoms with Crippen molar-refractivity contribution in [2.45, 2.75) is 6.92 Å². The fourth-order valence-corrected chi connectivity index (χ4v) is 2.24. The molecule has 0 radical (unpaired) electrons. The first kappa shape index (κ1) is 15.1. The van der Waals surface area contributed by atoms with E-state index in [1.54, 1.807) is 18.3 Å².